The van der Waals surface area contributed by atoms with E-state index >= 15 is 0 Å². The van der Waals surface area contributed by atoms with E-state index in [9.17, 15) is 5.26 Å². The van der Waals surface area contributed by atoms with Crippen LogP contribution in [-0.2, 0) is 0 Å². The Hall–Kier alpha value is -5.59. The van der Waals surface area contributed by atoms with E-state index in [0.717, 1.165) is 49.9 Å². The fourth-order valence-corrected chi connectivity index (χ4v) is 5.96. The molecule has 40 heavy (non-hydrogen) atoms. The van der Waals surface area contributed by atoms with Crippen LogP contribution >= 0.6 is 0 Å². The van der Waals surface area contributed by atoms with Gasteiger partial charge in [0.25, 0.3) is 0 Å². The molecule has 0 atom stereocenters. The standard InChI is InChI=1S/C37H22N2O/c38-23-24-13-15-25(16-14-24)26-17-19-36-31(21-26)32-22-27(18-20-37(32)40-36)28-7-1-4-10-33(28)39-34-11-5-2-8-29(34)30-9-3-6-12-35(30)39/h1-22H. The third-order valence-corrected chi connectivity index (χ3v) is 7.85. The van der Waals surface area contributed by atoms with Crippen molar-refractivity contribution in [3.63, 3.8) is 0 Å². The Labute approximate surface area is 230 Å². The molecule has 8 aromatic rings. The third-order valence-electron chi connectivity index (χ3n) is 7.85. The summed E-state index contributed by atoms with van der Waals surface area (Å²) in [5, 5.41) is 13.8. The van der Waals surface area contributed by atoms with Crippen molar-refractivity contribution < 1.29 is 4.42 Å². The van der Waals surface area contributed by atoms with Gasteiger partial charge in [0.2, 0.25) is 0 Å². The van der Waals surface area contributed by atoms with E-state index in [4.69, 9.17) is 4.42 Å². The van der Waals surface area contributed by atoms with E-state index in [-0.39, 0.29) is 0 Å². The van der Waals surface area contributed by atoms with Crippen LogP contribution in [0.1, 0.15) is 5.56 Å². The SMILES string of the molecule is N#Cc1ccc(-c2ccc3oc4ccc(-c5ccccc5-n5c6ccccc6c6ccccc65)cc4c3c2)cc1. The van der Waals surface area contributed by atoms with Crippen molar-refractivity contribution in [2.45, 2.75) is 0 Å². The average Bonchev–Trinajstić information content (AvgIpc) is 3.56. The molecule has 6 aromatic carbocycles. The molecule has 186 valence electrons. The number of nitriles is 1. The van der Waals surface area contributed by atoms with Crippen LogP contribution in [0, 0.1) is 11.3 Å². The van der Waals surface area contributed by atoms with Gasteiger partial charge in [0.15, 0.2) is 0 Å². The molecule has 3 nitrogen and oxygen atoms in total. The topological polar surface area (TPSA) is 41.9 Å². The summed E-state index contributed by atoms with van der Waals surface area (Å²) in [4.78, 5) is 0. The second kappa shape index (κ2) is 8.73. The Morgan fingerprint density at radius 2 is 1.05 bits per heavy atom. The summed E-state index contributed by atoms with van der Waals surface area (Å²) in [5.41, 5.74) is 10.4. The summed E-state index contributed by atoms with van der Waals surface area (Å²) >= 11 is 0. The van der Waals surface area contributed by atoms with E-state index < -0.39 is 0 Å². The molecule has 0 saturated heterocycles. The molecule has 2 heterocycles. The maximum Gasteiger partial charge on any atom is 0.135 e. The molecule has 0 N–H and O–H groups in total. The van der Waals surface area contributed by atoms with Crippen molar-refractivity contribution in [3.8, 4) is 34.0 Å². The van der Waals surface area contributed by atoms with Gasteiger partial charge >= 0.3 is 0 Å². The Morgan fingerprint density at radius 1 is 0.500 bits per heavy atom. The lowest BCUT2D eigenvalue weighted by Crippen LogP contribution is -1.96. The molecule has 0 saturated carbocycles. The first-order valence-corrected chi connectivity index (χ1v) is 13.3. The minimum atomic E-state index is 0.658. The van der Waals surface area contributed by atoms with E-state index in [1.54, 1.807) is 0 Å². The zero-order valence-electron chi connectivity index (χ0n) is 21.5. The van der Waals surface area contributed by atoms with Gasteiger partial charge in [-0.15, -0.1) is 0 Å². The summed E-state index contributed by atoms with van der Waals surface area (Å²) < 4.78 is 8.62. The molecule has 0 fully saturated rings. The Kier molecular flexibility index (Phi) is 4.89. The first kappa shape index (κ1) is 22.4. The van der Waals surface area contributed by atoms with E-state index in [1.807, 2.05) is 30.3 Å². The van der Waals surface area contributed by atoms with Crippen molar-refractivity contribution in [1.29, 1.82) is 5.26 Å². The predicted octanol–water partition coefficient (Wildman–Crippen LogP) is 9.89. The fraction of sp³-hybridized carbons (Fsp3) is 0. The quantitative estimate of drug-likeness (QED) is 0.237. The maximum absolute atomic E-state index is 9.17. The summed E-state index contributed by atoms with van der Waals surface area (Å²) in [6, 6.07) is 48.5. The number of hydrogen-bond donors (Lipinski definition) is 0. The number of furan rings is 1. The number of rotatable bonds is 3. The molecular formula is C37H22N2O. The molecule has 0 amide bonds. The molecule has 0 spiro atoms. The fourth-order valence-electron chi connectivity index (χ4n) is 5.96. The highest BCUT2D eigenvalue weighted by Crippen LogP contribution is 2.39. The first-order chi connectivity index (χ1) is 19.8. The number of benzene rings is 6. The molecule has 0 bridgehead atoms. The molecule has 3 heteroatoms. The lowest BCUT2D eigenvalue weighted by molar-refractivity contribution is 0.669. The highest BCUT2D eigenvalue weighted by molar-refractivity contribution is 6.10. The Balaban J connectivity index is 1.33. The van der Waals surface area contributed by atoms with Crippen LogP contribution in [0.2, 0.25) is 0 Å². The second-order valence-corrected chi connectivity index (χ2v) is 10.1. The normalized spacial score (nSPS) is 11.5. The average molecular weight is 511 g/mol. The van der Waals surface area contributed by atoms with Crippen LogP contribution < -0.4 is 0 Å². The zero-order valence-corrected chi connectivity index (χ0v) is 21.5. The van der Waals surface area contributed by atoms with Crippen molar-refractivity contribution >= 4 is 43.7 Å². The number of nitrogens with zero attached hydrogens (tertiary/aromatic N) is 2. The van der Waals surface area contributed by atoms with Crippen molar-refractivity contribution in [3.05, 3.63) is 139 Å². The molecule has 0 radical (unpaired) electrons. The minimum absolute atomic E-state index is 0.658. The van der Waals surface area contributed by atoms with Crippen molar-refractivity contribution in [2.75, 3.05) is 0 Å². The van der Waals surface area contributed by atoms with E-state index in [1.165, 1.54) is 21.8 Å². The Morgan fingerprint density at radius 3 is 1.73 bits per heavy atom. The number of fused-ring (bicyclic) bond motifs is 6. The number of aromatic nitrogens is 1. The van der Waals surface area contributed by atoms with Gasteiger partial charge < -0.3 is 8.98 Å². The smallest absolute Gasteiger partial charge is 0.135 e. The highest BCUT2D eigenvalue weighted by Gasteiger charge is 2.16. The highest BCUT2D eigenvalue weighted by atomic mass is 16.3. The third kappa shape index (κ3) is 3.37. The van der Waals surface area contributed by atoms with Gasteiger partial charge in [-0.1, -0.05) is 78.9 Å². The van der Waals surface area contributed by atoms with Gasteiger partial charge in [-0.3, -0.25) is 0 Å². The molecule has 0 unspecified atom stereocenters. The summed E-state index contributed by atoms with van der Waals surface area (Å²) in [5.74, 6) is 0. The van der Waals surface area contributed by atoms with Crippen molar-refractivity contribution in [1.82, 2.24) is 4.57 Å². The van der Waals surface area contributed by atoms with Crippen LogP contribution in [0.5, 0.6) is 0 Å². The number of hydrogen-bond acceptors (Lipinski definition) is 2. The van der Waals surface area contributed by atoms with E-state index in [0.29, 0.717) is 5.56 Å². The Bertz CT molecular complexity index is 2220. The minimum Gasteiger partial charge on any atom is -0.456 e. The van der Waals surface area contributed by atoms with Gasteiger partial charge in [0.05, 0.1) is 28.4 Å². The van der Waals surface area contributed by atoms with Gasteiger partial charge in [-0.05, 0) is 71.3 Å². The van der Waals surface area contributed by atoms with Crippen LogP contribution in [0.4, 0.5) is 0 Å². The molecule has 0 aliphatic carbocycles. The van der Waals surface area contributed by atoms with Gasteiger partial charge in [0, 0.05) is 27.1 Å². The summed E-state index contributed by atoms with van der Waals surface area (Å²) in [7, 11) is 0. The molecule has 0 aliphatic rings. The second-order valence-electron chi connectivity index (χ2n) is 10.1. The first-order valence-electron chi connectivity index (χ1n) is 13.3. The van der Waals surface area contributed by atoms with Crippen LogP contribution in [0.3, 0.4) is 0 Å². The molecular weight excluding hydrogens is 488 g/mol. The lowest BCUT2D eigenvalue weighted by Gasteiger charge is -2.14. The van der Waals surface area contributed by atoms with Gasteiger partial charge in [0.1, 0.15) is 11.2 Å². The predicted molar refractivity (Wildman–Crippen MR) is 164 cm³/mol. The van der Waals surface area contributed by atoms with Crippen LogP contribution in [0.25, 0.3) is 71.7 Å². The van der Waals surface area contributed by atoms with E-state index in [2.05, 4.69) is 114 Å². The van der Waals surface area contributed by atoms with Crippen LogP contribution in [-0.4, -0.2) is 4.57 Å². The zero-order chi connectivity index (χ0) is 26.6. The molecule has 8 rings (SSSR count). The van der Waals surface area contributed by atoms with Crippen molar-refractivity contribution in [2.24, 2.45) is 0 Å². The molecule has 2 aromatic heterocycles. The lowest BCUT2D eigenvalue weighted by atomic mass is 9.99. The largest absolute Gasteiger partial charge is 0.456 e. The van der Waals surface area contributed by atoms with Crippen LogP contribution in [0.15, 0.2) is 138 Å². The molecule has 0 aliphatic heterocycles. The van der Waals surface area contributed by atoms with Gasteiger partial charge in [-0.2, -0.15) is 5.26 Å². The summed E-state index contributed by atoms with van der Waals surface area (Å²) in [6.07, 6.45) is 0. The van der Waals surface area contributed by atoms with Gasteiger partial charge in [-0.25, -0.2) is 0 Å². The monoisotopic (exact) mass is 510 g/mol. The summed E-state index contributed by atoms with van der Waals surface area (Å²) in [6.45, 7) is 0. The maximum atomic E-state index is 9.17. The number of para-hydroxylation sites is 3.